The van der Waals surface area contributed by atoms with E-state index in [2.05, 4.69) is 20.1 Å². The molecule has 4 rings (SSSR count). The van der Waals surface area contributed by atoms with Gasteiger partial charge in [0, 0.05) is 17.2 Å². The predicted octanol–water partition coefficient (Wildman–Crippen LogP) is 4.70. The third-order valence-corrected chi connectivity index (χ3v) is 6.81. The number of nitrogens with zero attached hydrogens (tertiary/aromatic N) is 3. The molecule has 0 radical (unpaired) electrons. The van der Waals surface area contributed by atoms with Crippen molar-refractivity contribution in [2.45, 2.75) is 49.8 Å². The van der Waals surface area contributed by atoms with E-state index in [1.165, 1.54) is 18.2 Å². The van der Waals surface area contributed by atoms with Crippen LogP contribution in [0.2, 0.25) is 0 Å². The second-order valence-electron chi connectivity index (χ2n) is 8.05. The molecule has 8 heteroatoms. The summed E-state index contributed by atoms with van der Waals surface area (Å²) >= 11 is 1.41. The van der Waals surface area contributed by atoms with Gasteiger partial charge in [0.1, 0.15) is 5.75 Å². The van der Waals surface area contributed by atoms with E-state index in [9.17, 15) is 9.59 Å². The standard InChI is InChI=1S/C25H28N4O3S/c1-32-21-14-12-19(13-15-21)24(31)26-16-23-27-28-25(29(23)20-10-6-3-7-11-20)33-17-22(30)18-8-4-2-5-9-18/h2,4-5,8-9,12-15,20H,3,6-7,10-11,16-17H2,1H3,(H,26,31). The van der Waals surface area contributed by atoms with Gasteiger partial charge in [-0.15, -0.1) is 10.2 Å². The molecule has 0 atom stereocenters. The van der Waals surface area contributed by atoms with Gasteiger partial charge in [0.25, 0.3) is 5.91 Å². The number of aromatic nitrogens is 3. The van der Waals surface area contributed by atoms with Crippen molar-refractivity contribution in [3.8, 4) is 5.75 Å². The van der Waals surface area contributed by atoms with Gasteiger partial charge in [0.2, 0.25) is 0 Å². The van der Waals surface area contributed by atoms with Crippen molar-refractivity contribution < 1.29 is 14.3 Å². The number of hydrogen-bond donors (Lipinski definition) is 1. The number of Topliss-reactive ketones (excluding diaryl/α,β-unsaturated/α-hetero) is 1. The molecule has 1 heterocycles. The molecule has 1 aliphatic rings. The lowest BCUT2D eigenvalue weighted by atomic mass is 9.95. The van der Waals surface area contributed by atoms with Crippen LogP contribution in [-0.4, -0.2) is 39.3 Å². The van der Waals surface area contributed by atoms with Crippen molar-refractivity contribution in [2.24, 2.45) is 0 Å². The summed E-state index contributed by atoms with van der Waals surface area (Å²) in [6, 6.07) is 16.6. The molecule has 7 nitrogen and oxygen atoms in total. The highest BCUT2D eigenvalue weighted by Crippen LogP contribution is 2.33. The summed E-state index contributed by atoms with van der Waals surface area (Å²) in [7, 11) is 1.59. The summed E-state index contributed by atoms with van der Waals surface area (Å²) in [4.78, 5) is 25.2. The van der Waals surface area contributed by atoms with Gasteiger partial charge in [-0.2, -0.15) is 0 Å². The van der Waals surface area contributed by atoms with Gasteiger partial charge in [-0.1, -0.05) is 61.4 Å². The third-order valence-electron chi connectivity index (χ3n) is 5.86. The maximum Gasteiger partial charge on any atom is 0.251 e. The number of amides is 1. The Morgan fingerprint density at radius 1 is 1.00 bits per heavy atom. The van der Waals surface area contributed by atoms with Crippen molar-refractivity contribution >= 4 is 23.5 Å². The molecule has 0 bridgehead atoms. The molecule has 2 aromatic carbocycles. The predicted molar refractivity (Wildman–Crippen MR) is 128 cm³/mol. The van der Waals surface area contributed by atoms with E-state index in [1.54, 1.807) is 31.4 Å². The van der Waals surface area contributed by atoms with E-state index in [-0.39, 0.29) is 24.3 Å². The largest absolute Gasteiger partial charge is 0.497 e. The molecule has 1 saturated carbocycles. The fraction of sp³-hybridized carbons (Fsp3) is 0.360. The highest BCUT2D eigenvalue weighted by Gasteiger charge is 2.24. The van der Waals surface area contributed by atoms with Crippen LogP contribution in [0, 0.1) is 0 Å². The second-order valence-corrected chi connectivity index (χ2v) is 8.99. The highest BCUT2D eigenvalue weighted by molar-refractivity contribution is 7.99. The number of nitrogens with one attached hydrogen (secondary N) is 1. The first-order valence-corrected chi connectivity index (χ1v) is 12.2. The quantitative estimate of drug-likeness (QED) is 0.365. The minimum Gasteiger partial charge on any atom is -0.497 e. The molecule has 0 spiro atoms. The first kappa shape index (κ1) is 23.0. The molecule has 1 aliphatic carbocycles. The van der Waals surface area contributed by atoms with Gasteiger partial charge in [-0.3, -0.25) is 9.59 Å². The smallest absolute Gasteiger partial charge is 0.251 e. The summed E-state index contributed by atoms with van der Waals surface area (Å²) in [5.74, 6) is 1.61. The minimum absolute atomic E-state index is 0.0631. The van der Waals surface area contributed by atoms with Crippen LogP contribution in [0.15, 0.2) is 59.8 Å². The van der Waals surface area contributed by atoms with Gasteiger partial charge < -0.3 is 14.6 Å². The Labute approximate surface area is 197 Å². The topological polar surface area (TPSA) is 86.1 Å². The number of methoxy groups -OCH3 is 1. The Morgan fingerprint density at radius 2 is 1.73 bits per heavy atom. The monoisotopic (exact) mass is 464 g/mol. The zero-order valence-electron chi connectivity index (χ0n) is 18.7. The molecule has 1 aromatic heterocycles. The Hall–Kier alpha value is -3.13. The maximum absolute atomic E-state index is 12.6. The van der Waals surface area contributed by atoms with E-state index in [1.807, 2.05) is 30.3 Å². The first-order chi connectivity index (χ1) is 16.2. The molecule has 33 heavy (non-hydrogen) atoms. The first-order valence-electron chi connectivity index (χ1n) is 11.2. The zero-order valence-corrected chi connectivity index (χ0v) is 19.5. The molecule has 0 unspecified atom stereocenters. The molecular formula is C25H28N4O3S. The molecule has 1 amide bonds. The molecule has 3 aromatic rings. The van der Waals surface area contributed by atoms with Gasteiger partial charge in [0.15, 0.2) is 16.8 Å². The van der Waals surface area contributed by atoms with E-state index >= 15 is 0 Å². The summed E-state index contributed by atoms with van der Waals surface area (Å²) in [6.45, 7) is 0.279. The maximum atomic E-state index is 12.6. The molecule has 0 saturated heterocycles. The normalized spacial score (nSPS) is 14.1. The molecule has 1 fully saturated rings. The average Bonchev–Trinajstić information content (AvgIpc) is 3.29. The van der Waals surface area contributed by atoms with Crippen LogP contribution in [0.1, 0.15) is 64.7 Å². The summed E-state index contributed by atoms with van der Waals surface area (Å²) in [6.07, 6.45) is 5.66. The number of carbonyl (C=O) groups excluding carboxylic acids is 2. The van der Waals surface area contributed by atoms with Crippen molar-refractivity contribution in [3.63, 3.8) is 0 Å². The second kappa shape index (κ2) is 11.1. The number of ether oxygens (including phenoxy) is 1. The van der Waals surface area contributed by atoms with Gasteiger partial charge in [-0.25, -0.2) is 0 Å². The van der Waals surface area contributed by atoms with Crippen LogP contribution in [-0.2, 0) is 6.54 Å². The van der Waals surface area contributed by atoms with Crippen LogP contribution in [0.3, 0.4) is 0 Å². The van der Waals surface area contributed by atoms with E-state index < -0.39 is 0 Å². The van der Waals surface area contributed by atoms with Crippen molar-refractivity contribution in [3.05, 3.63) is 71.5 Å². The minimum atomic E-state index is -0.177. The van der Waals surface area contributed by atoms with Gasteiger partial charge in [0.05, 0.1) is 19.4 Å². The van der Waals surface area contributed by atoms with Crippen molar-refractivity contribution in [2.75, 3.05) is 12.9 Å². The number of carbonyl (C=O) groups is 2. The van der Waals surface area contributed by atoms with Gasteiger partial charge >= 0.3 is 0 Å². The van der Waals surface area contributed by atoms with Crippen LogP contribution in [0.25, 0.3) is 0 Å². The van der Waals surface area contributed by atoms with Crippen LogP contribution in [0.4, 0.5) is 0 Å². The van der Waals surface area contributed by atoms with E-state index in [4.69, 9.17) is 4.74 Å². The number of benzene rings is 2. The zero-order chi connectivity index (χ0) is 23.0. The Balaban J connectivity index is 1.46. The molecule has 0 aliphatic heterocycles. The fourth-order valence-electron chi connectivity index (χ4n) is 4.07. The lowest BCUT2D eigenvalue weighted by Crippen LogP contribution is -2.26. The van der Waals surface area contributed by atoms with Crippen molar-refractivity contribution in [1.82, 2.24) is 20.1 Å². The van der Waals surface area contributed by atoms with E-state index in [0.29, 0.717) is 22.6 Å². The van der Waals surface area contributed by atoms with Crippen molar-refractivity contribution in [1.29, 1.82) is 0 Å². The molecular weight excluding hydrogens is 436 g/mol. The summed E-state index contributed by atoms with van der Waals surface area (Å²) in [5.41, 5.74) is 1.25. The average molecular weight is 465 g/mol. The third kappa shape index (κ3) is 5.82. The summed E-state index contributed by atoms with van der Waals surface area (Å²) in [5, 5.41) is 12.5. The van der Waals surface area contributed by atoms with Crippen LogP contribution in [0.5, 0.6) is 5.75 Å². The summed E-state index contributed by atoms with van der Waals surface area (Å²) < 4.78 is 7.29. The number of hydrogen-bond acceptors (Lipinski definition) is 6. The highest BCUT2D eigenvalue weighted by atomic mass is 32.2. The SMILES string of the molecule is COc1ccc(C(=O)NCc2nnc(SCC(=O)c3ccccc3)n2C2CCCCC2)cc1. The van der Waals surface area contributed by atoms with E-state index in [0.717, 1.165) is 36.7 Å². The Kier molecular flexibility index (Phi) is 7.78. The number of rotatable bonds is 9. The molecule has 1 N–H and O–H groups in total. The van der Waals surface area contributed by atoms with Crippen LogP contribution >= 0.6 is 11.8 Å². The van der Waals surface area contributed by atoms with Crippen LogP contribution < -0.4 is 10.1 Å². The number of thioether (sulfide) groups is 1. The fourth-order valence-corrected chi connectivity index (χ4v) is 4.99. The lowest BCUT2D eigenvalue weighted by molar-refractivity contribution is 0.0948. The Morgan fingerprint density at radius 3 is 2.42 bits per heavy atom. The Bertz CT molecular complexity index is 1080. The molecule has 172 valence electrons. The lowest BCUT2D eigenvalue weighted by Gasteiger charge is -2.25. The number of ketones is 1. The van der Waals surface area contributed by atoms with Gasteiger partial charge in [-0.05, 0) is 37.1 Å².